The fourth-order valence-electron chi connectivity index (χ4n) is 5.97. The average Bonchev–Trinajstić information content (AvgIpc) is 3.11. The van der Waals surface area contributed by atoms with Crippen LogP contribution in [0.4, 0.5) is 5.69 Å². The third-order valence-electron chi connectivity index (χ3n) is 8.55. The number of anilines is 1. The first-order valence-corrected chi connectivity index (χ1v) is 17.3. The van der Waals surface area contributed by atoms with Crippen LogP contribution in [-0.4, -0.2) is 31.1 Å². The Morgan fingerprint density at radius 3 is 1.74 bits per heavy atom. The van der Waals surface area contributed by atoms with Gasteiger partial charge in [-0.15, -0.1) is 0 Å². The lowest BCUT2D eigenvalue weighted by atomic mass is 9.89. The highest BCUT2D eigenvalue weighted by Gasteiger charge is 2.39. The molecule has 5 aromatic carbocycles. The maximum Gasteiger partial charge on any atom is 0.261 e. The van der Waals surface area contributed by atoms with E-state index in [0.717, 1.165) is 29.8 Å². The van der Waals surface area contributed by atoms with Crippen molar-refractivity contribution in [2.75, 3.05) is 11.3 Å². The van der Waals surface area contributed by atoms with Gasteiger partial charge in [-0.3, -0.25) is 9.62 Å². The van der Waals surface area contributed by atoms with Crippen LogP contribution in [0.25, 0.3) is 0 Å². The number of ether oxygens (including phenoxy) is 2. The second-order valence-corrected chi connectivity index (χ2v) is 13.7. The molecule has 1 fully saturated rings. The summed E-state index contributed by atoms with van der Waals surface area (Å²) in [6.45, 7) is 4.34. The van der Waals surface area contributed by atoms with E-state index in [2.05, 4.69) is 65.1 Å². The summed E-state index contributed by atoms with van der Waals surface area (Å²) in [4.78, 5) is 2.62. The van der Waals surface area contributed by atoms with Gasteiger partial charge in [0.2, 0.25) is 0 Å². The molecule has 5 aromatic rings. The first-order chi connectivity index (χ1) is 22.9. The molecule has 1 aliphatic rings. The van der Waals surface area contributed by atoms with Crippen molar-refractivity contribution < 1.29 is 23.0 Å². The molecule has 8 heteroatoms. The number of hydrogen-bond acceptors (Lipinski definition) is 6. The molecular formula is C39H40N2O5S. The monoisotopic (exact) mass is 648 g/mol. The normalized spacial score (nSPS) is 19.8. The smallest absolute Gasteiger partial charge is 0.261 e. The Bertz CT molecular complexity index is 1760. The van der Waals surface area contributed by atoms with Crippen molar-refractivity contribution in [3.05, 3.63) is 167 Å². The molecule has 242 valence electrons. The second kappa shape index (κ2) is 15.1. The Morgan fingerprint density at radius 2 is 1.19 bits per heavy atom. The Labute approximate surface area is 277 Å². The van der Waals surface area contributed by atoms with Crippen LogP contribution in [0.2, 0.25) is 0 Å². The molecule has 1 saturated heterocycles. The van der Waals surface area contributed by atoms with Crippen LogP contribution >= 0.6 is 0 Å². The lowest BCUT2D eigenvalue weighted by Gasteiger charge is -2.43. The fraction of sp³-hybridized carbons (Fsp3) is 0.231. The number of rotatable bonds is 12. The van der Waals surface area contributed by atoms with Crippen molar-refractivity contribution in [1.82, 2.24) is 4.90 Å². The number of hydrogen-bond donors (Lipinski definition) is 2. The predicted molar refractivity (Wildman–Crippen MR) is 184 cm³/mol. The predicted octanol–water partition coefficient (Wildman–Crippen LogP) is 7.47. The van der Waals surface area contributed by atoms with E-state index in [1.165, 1.54) is 11.1 Å². The molecule has 2 N–H and O–H groups in total. The summed E-state index contributed by atoms with van der Waals surface area (Å²) < 4.78 is 41.9. The maximum absolute atomic E-state index is 12.9. The van der Waals surface area contributed by atoms with Gasteiger partial charge in [0.1, 0.15) is 0 Å². The van der Waals surface area contributed by atoms with Crippen molar-refractivity contribution in [3.8, 4) is 0 Å². The minimum atomic E-state index is -3.72. The molecule has 1 aliphatic heterocycles. The number of nitrogens with one attached hydrogen (secondary N) is 1. The van der Waals surface area contributed by atoms with Crippen LogP contribution in [-0.2, 0) is 39.2 Å². The molecule has 4 atom stereocenters. The molecule has 6 rings (SSSR count). The zero-order valence-corrected chi connectivity index (χ0v) is 27.2. The zero-order valence-electron chi connectivity index (χ0n) is 26.4. The van der Waals surface area contributed by atoms with Crippen LogP contribution in [0, 0.1) is 5.92 Å². The molecule has 0 spiro atoms. The minimum Gasteiger partial charge on any atom is -0.392 e. The lowest BCUT2D eigenvalue weighted by Crippen LogP contribution is -2.44. The molecule has 0 saturated carbocycles. The van der Waals surface area contributed by atoms with Crippen molar-refractivity contribution in [2.45, 2.75) is 50.0 Å². The summed E-state index contributed by atoms with van der Waals surface area (Å²) in [5.41, 5.74) is 5.55. The summed E-state index contributed by atoms with van der Waals surface area (Å²) in [5, 5.41) is 9.62. The molecule has 0 aromatic heterocycles. The highest BCUT2D eigenvalue weighted by molar-refractivity contribution is 7.92. The summed E-state index contributed by atoms with van der Waals surface area (Å²) in [5.74, 6) is 0.0113. The summed E-state index contributed by atoms with van der Waals surface area (Å²) in [6.07, 6.45) is -1.12. The van der Waals surface area contributed by atoms with Gasteiger partial charge in [-0.25, -0.2) is 8.42 Å². The van der Waals surface area contributed by atoms with E-state index in [0.29, 0.717) is 12.2 Å². The molecule has 0 bridgehead atoms. The molecule has 0 amide bonds. The van der Waals surface area contributed by atoms with Crippen molar-refractivity contribution in [3.63, 3.8) is 0 Å². The number of nitrogens with zero attached hydrogens (tertiary/aromatic N) is 1. The number of aliphatic hydroxyl groups is 1. The van der Waals surface area contributed by atoms with Gasteiger partial charge in [-0.1, -0.05) is 122 Å². The molecule has 47 heavy (non-hydrogen) atoms. The van der Waals surface area contributed by atoms with Gasteiger partial charge in [0, 0.05) is 36.8 Å². The van der Waals surface area contributed by atoms with Gasteiger partial charge >= 0.3 is 0 Å². The van der Waals surface area contributed by atoms with E-state index in [1.807, 2.05) is 48.5 Å². The van der Waals surface area contributed by atoms with E-state index < -0.39 is 16.3 Å². The third-order valence-corrected chi connectivity index (χ3v) is 9.95. The highest BCUT2D eigenvalue weighted by atomic mass is 32.2. The summed E-state index contributed by atoms with van der Waals surface area (Å²) in [6, 6.07) is 44.2. The fourth-order valence-corrected chi connectivity index (χ4v) is 7.05. The highest BCUT2D eigenvalue weighted by Crippen LogP contribution is 2.42. The van der Waals surface area contributed by atoms with E-state index >= 15 is 0 Å². The van der Waals surface area contributed by atoms with Crippen molar-refractivity contribution in [2.24, 2.45) is 5.92 Å². The van der Waals surface area contributed by atoms with E-state index in [1.54, 1.807) is 42.5 Å². The molecule has 1 heterocycles. The summed E-state index contributed by atoms with van der Waals surface area (Å²) in [7, 11) is -3.72. The SMILES string of the molecule is C[C@@H]1[C@H](CN(Cc2ccccc2)Cc2ccccc2)O[C@H](c2ccc(NS(=O)(=O)c3ccccc3)cc2)O[C@@H]1c1ccc(CO)cc1. The van der Waals surface area contributed by atoms with Gasteiger partial charge < -0.3 is 14.6 Å². The standard InChI is InChI=1S/C39H40N2O5S/c1-29-37(27-41(25-30-11-5-2-6-12-30)26-31-13-7-3-8-14-31)45-39(46-38(29)33-19-17-32(28-42)18-20-33)34-21-23-35(24-22-34)40-47(43,44)36-15-9-4-10-16-36/h2-24,29,37-40,42H,25-28H2,1H3/t29-,37+,38+,39+/m1/s1. The first kappa shape index (κ1) is 32.6. The van der Waals surface area contributed by atoms with Gasteiger partial charge in [0.15, 0.2) is 6.29 Å². The van der Waals surface area contributed by atoms with Crippen LogP contribution in [0.5, 0.6) is 0 Å². The zero-order chi connectivity index (χ0) is 32.6. The Hall–Kier alpha value is -4.31. The second-order valence-electron chi connectivity index (χ2n) is 12.0. The quantitative estimate of drug-likeness (QED) is 0.146. The lowest BCUT2D eigenvalue weighted by molar-refractivity contribution is -0.276. The first-order valence-electron chi connectivity index (χ1n) is 15.9. The van der Waals surface area contributed by atoms with Crippen LogP contribution in [0.1, 0.15) is 47.1 Å². The molecule has 7 nitrogen and oxygen atoms in total. The van der Waals surface area contributed by atoms with Crippen LogP contribution < -0.4 is 4.72 Å². The van der Waals surface area contributed by atoms with E-state index in [-0.39, 0.29) is 29.6 Å². The number of sulfonamides is 1. The van der Waals surface area contributed by atoms with E-state index in [9.17, 15) is 13.5 Å². The number of aliphatic hydroxyl groups excluding tert-OH is 1. The molecular weight excluding hydrogens is 609 g/mol. The third kappa shape index (κ3) is 8.35. The number of benzene rings is 5. The van der Waals surface area contributed by atoms with Crippen LogP contribution in [0.15, 0.2) is 144 Å². The van der Waals surface area contributed by atoms with Crippen LogP contribution in [0.3, 0.4) is 0 Å². The Balaban J connectivity index is 1.27. The van der Waals surface area contributed by atoms with Gasteiger partial charge in [-0.2, -0.15) is 0 Å². The molecule has 0 aliphatic carbocycles. The maximum atomic E-state index is 12.9. The Morgan fingerprint density at radius 1 is 0.660 bits per heavy atom. The summed E-state index contributed by atoms with van der Waals surface area (Å²) >= 11 is 0. The molecule has 0 unspecified atom stereocenters. The minimum absolute atomic E-state index is 0.0113. The van der Waals surface area contributed by atoms with E-state index in [4.69, 9.17) is 9.47 Å². The van der Waals surface area contributed by atoms with Crippen molar-refractivity contribution in [1.29, 1.82) is 0 Å². The Kier molecular flexibility index (Phi) is 10.5. The topological polar surface area (TPSA) is 88.1 Å². The van der Waals surface area contributed by atoms with Crippen molar-refractivity contribution >= 4 is 15.7 Å². The van der Waals surface area contributed by atoms with Gasteiger partial charge in [0.05, 0.1) is 23.7 Å². The van der Waals surface area contributed by atoms with Gasteiger partial charge in [0.25, 0.3) is 10.0 Å². The average molecular weight is 649 g/mol. The largest absolute Gasteiger partial charge is 0.392 e. The van der Waals surface area contributed by atoms with Gasteiger partial charge in [-0.05, 0) is 46.5 Å². The molecule has 0 radical (unpaired) electrons.